The zero-order chi connectivity index (χ0) is 22.3. The first-order valence-electron chi connectivity index (χ1n) is 9.79. The van der Waals surface area contributed by atoms with Gasteiger partial charge in [-0.3, -0.25) is 14.9 Å². The van der Waals surface area contributed by atoms with Crippen molar-refractivity contribution in [3.8, 4) is 17.0 Å². The molecule has 7 nitrogen and oxygen atoms in total. The third kappa shape index (κ3) is 5.14. The zero-order valence-corrected chi connectivity index (χ0v) is 16.9. The molecule has 1 aromatic heterocycles. The van der Waals surface area contributed by atoms with E-state index in [2.05, 4.69) is 5.16 Å². The Morgan fingerprint density at radius 2 is 1.72 bits per heavy atom. The fourth-order valence-corrected chi connectivity index (χ4v) is 2.97. The maximum absolute atomic E-state index is 12.3. The summed E-state index contributed by atoms with van der Waals surface area (Å²) < 4.78 is 11.0. The number of nitrogens with zero attached hydrogens (tertiary/aromatic N) is 2. The normalized spacial score (nSPS) is 10.9. The van der Waals surface area contributed by atoms with E-state index in [1.807, 2.05) is 30.3 Å². The predicted molar refractivity (Wildman–Crippen MR) is 119 cm³/mol. The third-order valence-corrected chi connectivity index (χ3v) is 4.68. The highest BCUT2D eigenvalue weighted by molar-refractivity contribution is 6.06. The highest BCUT2D eigenvalue weighted by Gasteiger charge is 2.10. The molecule has 0 amide bonds. The topological polar surface area (TPSA) is 95.5 Å². The maximum atomic E-state index is 12.3. The lowest BCUT2D eigenvalue weighted by atomic mass is 10.1. The summed E-state index contributed by atoms with van der Waals surface area (Å²) in [5.74, 6) is 0.995. The number of hydrogen-bond donors (Lipinski definition) is 0. The SMILES string of the molecule is O=C(/C=C/c1ccccc1)c1ccc(OCc2cc(-c3ccc([N+](=O)[O-])cc3)no2)cc1. The Morgan fingerprint density at radius 1 is 1.00 bits per heavy atom. The number of benzene rings is 3. The Morgan fingerprint density at radius 3 is 2.41 bits per heavy atom. The van der Waals surface area contributed by atoms with E-state index in [4.69, 9.17) is 9.26 Å². The van der Waals surface area contributed by atoms with Crippen LogP contribution in [0.3, 0.4) is 0 Å². The van der Waals surface area contributed by atoms with Gasteiger partial charge in [-0.05, 0) is 48.0 Å². The van der Waals surface area contributed by atoms with Crippen LogP contribution in [0.4, 0.5) is 5.69 Å². The number of nitro benzene ring substituents is 1. The monoisotopic (exact) mass is 426 g/mol. The van der Waals surface area contributed by atoms with Gasteiger partial charge < -0.3 is 9.26 Å². The Bertz CT molecular complexity index is 1240. The minimum atomic E-state index is -0.454. The first kappa shape index (κ1) is 20.7. The molecule has 1 heterocycles. The molecular formula is C25H18N2O5. The molecule has 0 aliphatic heterocycles. The lowest BCUT2D eigenvalue weighted by Gasteiger charge is -2.04. The number of nitro groups is 1. The van der Waals surface area contributed by atoms with E-state index in [0.717, 1.165) is 5.56 Å². The molecule has 0 atom stereocenters. The average molecular weight is 426 g/mol. The molecular weight excluding hydrogens is 408 g/mol. The molecule has 0 spiro atoms. The molecule has 0 N–H and O–H groups in total. The van der Waals surface area contributed by atoms with Gasteiger partial charge in [0.05, 0.1) is 4.92 Å². The highest BCUT2D eigenvalue weighted by atomic mass is 16.6. The van der Waals surface area contributed by atoms with Crippen molar-refractivity contribution in [2.45, 2.75) is 6.61 Å². The van der Waals surface area contributed by atoms with E-state index in [1.54, 1.807) is 54.6 Å². The Hall–Kier alpha value is -4.52. The van der Waals surface area contributed by atoms with Gasteiger partial charge in [-0.2, -0.15) is 0 Å². The van der Waals surface area contributed by atoms with Crippen LogP contribution in [0.1, 0.15) is 21.7 Å². The van der Waals surface area contributed by atoms with Crippen molar-refractivity contribution in [2.75, 3.05) is 0 Å². The van der Waals surface area contributed by atoms with Crippen LogP contribution in [0.5, 0.6) is 5.75 Å². The molecule has 0 fully saturated rings. The number of aromatic nitrogens is 1. The van der Waals surface area contributed by atoms with Crippen LogP contribution in [-0.4, -0.2) is 15.9 Å². The third-order valence-electron chi connectivity index (χ3n) is 4.68. The van der Waals surface area contributed by atoms with E-state index < -0.39 is 4.92 Å². The number of non-ortho nitro benzene ring substituents is 1. The smallest absolute Gasteiger partial charge is 0.269 e. The van der Waals surface area contributed by atoms with Gasteiger partial charge in [0, 0.05) is 29.3 Å². The van der Waals surface area contributed by atoms with Crippen molar-refractivity contribution in [3.05, 3.63) is 118 Å². The molecule has 158 valence electrons. The molecule has 32 heavy (non-hydrogen) atoms. The lowest BCUT2D eigenvalue weighted by Crippen LogP contribution is -1.96. The molecule has 0 radical (unpaired) electrons. The van der Waals surface area contributed by atoms with Gasteiger partial charge in [0.25, 0.3) is 5.69 Å². The lowest BCUT2D eigenvalue weighted by molar-refractivity contribution is -0.384. The molecule has 0 bridgehead atoms. The van der Waals surface area contributed by atoms with Gasteiger partial charge in [-0.25, -0.2) is 0 Å². The summed E-state index contributed by atoms with van der Waals surface area (Å²) >= 11 is 0. The summed E-state index contributed by atoms with van der Waals surface area (Å²) in [6, 6.07) is 24.2. The number of ether oxygens (including phenoxy) is 1. The minimum absolute atomic E-state index is 0.0123. The molecule has 0 unspecified atom stereocenters. The second kappa shape index (κ2) is 9.53. The predicted octanol–water partition coefficient (Wildman–Crippen LogP) is 5.72. The summed E-state index contributed by atoms with van der Waals surface area (Å²) in [7, 11) is 0. The van der Waals surface area contributed by atoms with Gasteiger partial charge in [0.15, 0.2) is 11.5 Å². The van der Waals surface area contributed by atoms with E-state index in [9.17, 15) is 14.9 Å². The van der Waals surface area contributed by atoms with Gasteiger partial charge in [0.1, 0.15) is 18.1 Å². The van der Waals surface area contributed by atoms with Crippen LogP contribution in [0.15, 0.2) is 95.5 Å². The minimum Gasteiger partial charge on any atom is -0.486 e. The van der Waals surface area contributed by atoms with E-state index in [0.29, 0.717) is 28.3 Å². The van der Waals surface area contributed by atoms with Crippen LogP contribution >= 0.6 is 0 Å². The number of rotatable bonds is 8. The van der Waals surface area contributed by atoms with Crippen molar-refractivity contribution >= 4 is 17.5 Å². The molecule has 0 aliphatic rings. The summed E-state index contributed by atoms with van der Waals surface area (Å²) in [6.45, 7) is 0.154. The van der Waals surface area contributed by atoms with E-state index >= 15 is 0 Å². The van der Waals surface area contributed by atoms with Crippen LogP contribution in [0, 0.1) is 10.1 Å². The van der Waals surface area contributed by atoms with Crippen molar-refractivity contribution in [2.24, 2.45) is 0 Å². The molecule has 0 saturated carbocycles. The van der Waals surface area contributed by atoms with Crippen LogP contribution in [-0.2, 0) is 6.61 Å². The number of hydrogen-bond acceptors (Lipinski definition) is 6. The summed E-state index contributed by atoms with van der Waals surface area (Å²) in [4.78, 5) is 22.6. The quantitative estimate of drug-likeness (QED) is 0.155. The molecule has 4 rings (SSSR count). The largest absolute Gasteiger partial charge is 0.486 e. The van der Waals surface area contributed by atoms with Crippen molar-refractivity contribution < 1.29 is 19.0 Å². The number of carbonyl (C=O) groups excluding carboxylic acids is 1. The second-order valence-corrected chi connectivity index (χ2v) is 6.90. The van der Waals surface area contributed by atoms with E-state index in [1.165, 1.54) is 12.1 Å². The number of allylic oxidation sites excluding steroid dienone is 1. The standard InChI is InChI=1S/C25H18N2O5/c28-25(15-6-18-4-2-1-3-5-18)20-9-13-22(14-10-20)31-17-23-16-24(26-32-23)19-7-11-21(12-8-19)27(29)30/h1-16H,17H2/b15-6+. The summed E-state index contributed by atoms with van der Waals surface area (Å²) in [6.07, 6.45) is 3.32. The fraction of sp³-hybridized carbons (Fsp3) is 0.0400. The first-order chi connectivity index (χ1) is 15.6. The summed E-state index contributed by atoms with van der Waals surface area (Å²) in [5, 5.41) is 14.7. The molecule has 7 heteroatoms. The maximum Gasteiger partial charge on any atom is 0.269 e. The fourth-order valence-electron chi connectivity index (χ4n) is 2.97. The van der Waals surface area contributed by atoms with Crippen molar-refractivity contribution in [1.82, 2.24) is 5.16 Å². The summed E-state index contributed by atoms with van der Waals surface area (Å²) in [5.41, 5.74) is 2.80. The highest BCUT2D eigenvalue weighted by Crippen LogP contribution is 2.23. The second-order valence-electron chi connectivity index (χ2n) is 6.90. The van der Waals surface area contributed by atoms with E-state index in [-0.39, 0.29) is 18.1 Å². The molecule has 3 aromatic carbocycles. The molecule has 4 aromatic rings. The van der Waals surface area contributed by atoms with Crippen LogP contribution in [0.25, 0.3) is 17.3 Å². The van der Waals surface area contributed by atoms with Crippen molar-refractivity contribution in [1.29, 1.82) is 0 Å². The van der Waals surface area contributed by atoms with Gasteiger partial charge in [0.2, 0.25) is 0 Å². The Labute approximate surface area is 183 Å². The van der Waals surface area contributed by atoms with Crippen molar-refractivity contribution in [3.63, 3.8) is 0 Å². The number of carbonyl (C=O) groups is 1. The Kier molecular flexibility index (Phi) is 6.17. The van der Waals surface area contributed by atoms with Crippen LogP contribution < -0.4 is 4.74 Å². The van der Waals surface area contributed by atoms with Gasteiger partial charge in [-0.15, -0.1) is 0 Å². The molecule has 0 aliphatic carbocycles. The van der Waals surface area contributed by atoms with Crippen LogP contribution in [0.2, 0.25) is 0 Å². The van der Waals surface area contributed by atoms with Gasteiger partial charge in [-0.1, -0.05) is 41.6 Å². The molecule has 0 saturated heterocycles. The Balaban J connectivity index is 1.34. The van der Waals surface area contributed by atoms with Gasteiger partial charge >= 0.3 is 0 Å². The zero-order valence-electron chi connectivity index (χ0n) is 16.9. The average Bonchev–Trinajstić information content (AvgIpc) is 3.31. The first-order valence-corrected chi connectivity index (χ1v) is 9.79. The number of ketones is 1.